The Morgan fingerprint density at radius 2 is 1.80 bits per heavy atom. The highest BCUT2D eigenvalue weighted by molar-refractivity contribution is 9.10. The van der Waals surface area contributed by atoms with Crippen LogP contribution in [0.2, 0.25) is 0 Å². The normalized spacial score (nSPS) is 11.6. The van der Waals surface area contributed by atoms with Gasteiger partial charge in [0.1, 0.15) is 17.4 Å². The second-order valence-corrected chi connectivity index (χ2v) is 7.90. The summed E-state index contributed by atoms with van der Waals surface area (Å²) in [4.78, 5) is 36.3. The van der Waals surface area contributed by atoms with Gasteiger partial charge in [-0.25, -0.2) is 4.79 Å². The average molecular weight is 536 g/mol. The molecule has 3 aromatic rings. The van der Waals surface area contributed by atoms with E-state index < -0.39 is 22.9 Å². The number of anilines is 1. The van der Waals surface area contributed by atoms with Gasteiger partial charge in [-0.05, 0) is 45.8 Å². The molecular weight excluding hydrogens is 518 g/mol. The minimum atomic E-state index is -1.39. The Hall–Kier alpha value is -4.49. The summed E-state index contributed by atoms with van der Waals surface area (Å²) in [5, 5.41) is 23.1. The topological polar surface area (TPSA) is 132 Å². The molecule has 0 heterocycles. The summed E-state index contributed by atoms with van der Waals surface area (Å²) in [6.45, 7) is 0. The van der Waals surface area contributed by atoms with Crippen molar-refractivity contribution in [3.05, 3.63) is 104 Å². The van der Waals surface area contributed by atoms with E-state index in [0.717, 1.165) is 0 Å². The van der Waals surface area contributed by atoms with E-state index in [1.54, 1.807) is 60.7 Å². The molecule has 0 unspecified atom stereocenters. The smallest absolute Gasteiger partial charge is 0.350 e. The number of ether oxygens (including phenoxy) is 2. The Morgan fingerprint density at radius 1 is 1.11 bits per heavy atom. The number of non-ortho nitro benzene ring substituents is 1. The molecule has 0 spiro atoms. The number of hydrogen-bond donors (Lipinski definition) is 1. The fourth-order valence-electron chi connectivity index (χ4n) is 2.99. The standard InChI is InChI=1S/C25H18BrN3O6/c1-34-20-10-7-16(8-11-20)13-18(15-27)25(31)35-23(17-5-3-2-4-6-17)24(30)28-22-12-9-19(29(32)33)14-21(22)26/h2-14,23H,1H3,(H,28,30)/b18-13-/t23-/m1/s1. The molecule has 0 aliphatic carbocycles. The first kappa shape index (κ1) is 25.1. The number of carbonyl (C=O) groups excluding carboxylic acids is 2. The first-order chi connectivity index (χ1) is 16.8. The van der Waals surface area contributed by atoms with Crippen molar-refractivity contribution < 1.29 is 24.0 Å². The summed E-state index contributed by atoms with van der Waals surface area (Å²) in [5.41, 5.74) is 0.712. The average Bonchev–Trinajstić information content (AvgIpc) is 2.87. The number of nitro groups is 1. The van der Waals surface area contributed by atoms with Gasteiger partial charge in [0.2, 0.25) is 6.10 Å². The third-order valence-electron chi connectivity index (χ3n) is 4.75. The Morgan fingerprint density at radius 3 is 2.37 bits per heavy atom. The Labute approximate surface area is 208 Å². The van der Waals surface area contributed by atoms with Crippen LogP contribution < -0.4 is 10.1 Å². The van der Waals surface area contributed by atoms with E-state index in [-0.39, 0.29) is 21.4 Å². The number of nitro benzene ring substituents is 1. The molecule has 35 heavy (non-hydrogen) atoms. The highest BCUT2D eigenvalue weighted by atomic mass is 79.9. The van der Waals surface area contributed by atoms with Crippen molar-refractivity contribution in [2.45, 2.75) is 6.10 Å². The Kier molecular flexibility index (Phi) is 8.32. The molecule has 3 aromatic carbocycles. The Balaban J connectivity index is 1.86. The van der Waals surface area contributed by atoms with Gasteiger partial charge in [-0.1, -0.05) is 42.5 Å². The van der Waals surface area contributed by atoms with Gasteiger partial charge in [0.15, 0.2) is 0 Å². The summed E-state index contributed by atoms with van der Waals surface area (Å²) < 4.78 is 10.8. The second-order valence-electron chi connectivity index (χ2n) is 7.05. The number of nitriles is 1. The fourth-order valence-corrected chi connectivity index (χ4v) is 3.46. The lowest BCUT2D eigenvalue weighted by molar-refractivity contribution is -0.384. The van der Waals surface area contributed by atoms with Crippen LogP contribution in [0.4, 0.5) is 11.4 Å². The quantitative estimate of drug-likeness (QED) is 0.138. The maximum atomic E-state index is 13.1. The van der Waals surface area contributed by atoms with Gasteiger partial charge < -0.3 is 14.8 Å². The molecule has 9 nitrogen and oxygen atoms in total. The van der Waals surface area contributed by atoms with Crippen LogP contribution in [0.5, 0.6) is 5.75 Å². The van der Waals surface area contributed by atoms with Gasteiger partial charge in [0.05, 0.1) is 17.7 Å². The van der Waals surface area contributed by atoms with Crippen molar-refractivity contribution in [3.63, 3.8) is 0 Å². The summed E-state index contributed by atoms with van der Waals surface area (Å²) in [6, 6.07) is 20.6. The van der Waals surface area contributed by atoms with Crippen molar-refractivity contribution in [2.75, 3.05) is 12.4 Å². The minimum absolute atomic E-state index is 0.164. The molecule has 1 N–H and O–H groups in total. The highest BCUT2D eigenvalue weighted by Crippen LogP contribution is 2.29. The summed E-state index contributed by atoms with van der Waals surface area (Å²) in [7, 11) is 1.52. The monoisotopic (exact) mass is 535 g/mol. The number of nitrogens with one attached hydrogen (secondary N) is 1. The van der Waals surface area contributed by atoms with Gasteiger partial charge in [0.25, 0.3) is 11.6 Å². The van der Waals surface area contributed by atoms with E-state index in [1.165, 1.54) is 31.4 Å². The van der Waals surface area contributed by atoms with Crippen LogP contribution in [0, 0.1) is 21.4 Å². The number of nitrogens with zero attached hydrogens (tertiary/aromatic N) is 2. The van der Waals surface area contributed by atoms with Crippen LogP contribution in [0.1, 0.15) is 17.2 Å². The van der Waals surface area contributed by atoms with Crippen LogP contribution in [-0.4, -0.2) is 23.9 Å². The molecule has 10 heteroatoms. The number of methoxy groups -OCH3 is 1. The SMILES string of the molecule is COc1ccc(/C=C(/C#N)C(=O)O[C@@H](C(=O)Nc2ccc([N+](=O)[O-])cc2Br)c2ccccc2)cc1. The zero-order valence-corrected chi connectivity index (χ0v) is 19.9. The number of halogens is 1. The highest BCUT2D eigenvalue weighted by Gasteiger charge is 2.27. The van der Waals surface area contributed by atoms with Crippen molar-refractivity contribution in [2.24, 2.45) is 0 Å². The lowest BCUT2D eigenvalue weighted by Crippen LogP contribution is -2.26. The molecule has 0 aliphatic heterocycles. The number of carbonyl (C=O) groups is 2. The van der Waals surface area contributed by atoms with E-state index >= 15 is 0 Å². The molecule has 0 saturated heterocycles. The molecule has 0 bridgehead atoms. The zero-order valence-electron chi connectivity index (χ0n) is 18.3. The fraction of sp³-hybridized carbons (Fsp3) is 0.0800. The maximum Gasteiger partial charge on any atom is 0.350 e. The largest absolute Gasteiger partial charge is 0.497 e. The van der Waals surface area contributed by atoms with E-state index in [1.807, 2.05) is 0 Å². The molecule has 0 saturated carbocycles. The molecule has 1 amide bonds. The molecule has 0 aromatic heterocycles. The van der Waals surface area contributed by atoms with E-state index in [2.05, 4.69) is 21.2 Å². The van der Waals surface area contributed by atoms with Gasteiger partial charge in [0, 0.05) is 22.2 Å². The second kappa shape index (κ2) is 11.6. The lowest BCUT2D eigenvalue weighted by atomic mass is 10.1. The number of esters is 1. The first-order valence-corrected chi connectivity index (χ1v) is 10.9. The molecule has 0 aliphatic rings. The molecule has 0 fully saturated rings. The van der Waals surface area contributed by atoms with Gasteiger partial charge in [-0.2, -0.15) is 5.26 Å². The molecule has 3 rings (SSSR count). The lowest BCUT2D eigenvalue weighted by Gasteiger charge is -2.18. The van der Waals surface area contributed by atoms with Gasteiger partial charge >= 0.3 is 5.97 Å². The predicted octanol–water partition coefficient (Wildman–Crippen LogP) is 5.20. The van der Waals surface area contributed by atoms with Crippen molar-refractivity contribution in [1.82, 2.24) is 0 Å². The summed E-state index contributed by atoms with van der Waals surface area (Å²) in [6.07, 6.45) is -0.0484. The molecule has 176 valence electrons. The van der Waals surface area contributed by atoms with Crippen LogP contribution in [-0.2, 0) is 14.3 Å². The first-order valence-electron chi connectivity index (χ1n) is 10.1. The number of hydrogen-bond acceptors (Lipinski definition) is 7. The van der Waals surface area contributed by atoms with Crippen LogP contribution in [0.25, 0.3) is 6.08 Å². The van der Waals surface area contributed by atoms with E-state index in [4.69, 9.17) is 9.47 Å². The Bertz CT molecular complexity index is 1320. The van der Waals surface area contributed by atoms with Crippen LogP contribution >= 0.6 is 15.9 Å². The molecule has 0 radical (unpaired) electrons. The van der Waals surface area contributed by atoms with Gasteiger partial charge in [-0.15, -0.1) is 0 Å². The maximum absolute atomic E-state index is 13.1. The number of rotatable bonds is 8. The third kappa shape index (κ3) is 6.52. The minimum Gasteiger partial charge on any atom is -0.497 e. The molecule has 1 atom stereocenters. The number of amides is 1. The van der Waals surface area contributed by atoms with Crippen LogP contribution in [0.3, 0.4) is 0 Å². The number of benzene rings is 3. The summed E-state index contributed by atoms with van der Waals surface area (Å²) >= 11 is 3.19. The molecular formula is C25H18BrN3O6. The zero-order chi connectivity index (χ0) is 25.4. The summed E-state index contributed by atoms with van der Waals surface area (Å²) in [5.74, 6) is -1.09. The van der Waals surface area contributed by atoms with Crippen LogP contribution in [0.15, 0.2) is 82.8 Å². The van der Waals surface area contributed by atoms with Gasteiger partial charge in [-0.3, -0.25) is 14.9 Å². The van der Waals surface area contributed by atoms with Crippen molar-refractivity contribution >= 4 is 45.3 Å². The van der Waals surface area contributed by atoms with Crippen molar-refractivity contribution in [3.8, 4) is 11.8 Å². The van der Waals surface area contributed by atoms with E-state index in [9.17, 15) is 25.0 Å². The predicted molar refractivity (Wildman–Crippen MR) is 131 cm³/mol. The van der Waals surface area contributed by atoms with E-state index in [0.29, 0.717) is 16.9 Å². The third-order valence-corrected chi connectivity index (χ3v) is 5.41. The van der Waals surface area contributed by atoms with Crippen molar-refractivity contribution in [1.29, 1.82) is 5.26 Å².